The zero-order valence-electron chi connectivity index (χ0n) is 16.5. The van der Waals surface area contributed by atoms with E-state index in [9.17, 15) is 30.5 Å². The Morgan fingerprint density at radius 2 is 1.72 bits per heavy atom. The molecule has 0 unspecified atom stereocenters. The molecule has 0 saturated carbocycles. The summed E-state index contributed by atoms with van der Waals surface area (Å²) in [6.45, 7) is 4.32. The second-order valence-corrected chi connectivity index (χ2v) is 7.61. The van der Waals surface area contributed by atoms with Crippen molar-refractivity contribution in [1.29, 1.82) is 0 Å². The fourth-order valence-electron chi connectivity index (χ4n) is 3.38. The van der Waals surface area contributed by atoms with Crippen LogP contribution in [0.2, 0.25) is 0 Å². The smallest absolute Gasteiger partial charge is 0.271 e. The van der Waals surface area contributed by atoms with Crippen LogP contribution in [0.4, 0.5) is 11.4 Å². The van der Waals surface area contributed by atoms with Crippen LogP contribution in [-0.2, 0) is 0 Å². The van der Waals surface area contributed by atoms with Gasteiger partial charge in [0.25, 0.3) is 5.69 Å². The summed E-state index contributed by atoms with van der Waals surface area (Å²) >= 11 is 0. The molecule has 0 aliphatic heterocycles. The molecule has 8 nitrogen and oxygen atoms in total. The van der Waals surface area contributed by atoms with E-state index in [0.717, 1.165) is 0 Å². The van der Waals surface area contributed by atoms with E-state index in [0.29, 0.717) is 30.6 Å². The van der Waals surface area contributed by atoms with E-state index in [4.69, 9.17) is 0 Å². The molecule has 2 aromatic rings. The lowest BCUT2D eigenvalue weighted by molar-refractivity contribution is -0.384. The highest BCUT2D eigenvalue weighted by molar-refractivity contribution is 5.50. The first-order valence-electron chi connectivity index (χ1n) is 9.54. The SMILES string of the molecule is CC(C)C[C@H]([C@H](O)CCNc1cccc([N+](=O)[O-])c1)[C@@H](O)c1cc(O)cc(O)c1. The molecule has 0 radical (unpaired) electrons. The third-order valence-corrected chi connectivity index (χ3v) is 4.74. The number of phenols is 2. The Balaban J connectivity index is 2.05. The number of non-ortho nitro benzene ring substituents is 1. The second-order valence-electron chi connectivity index (χ2n) is 7.61. The van der Waals surface area contributed by atoms with E-state index < -0.39 is 23.0 Å². The molecule has 0 aliphatic rings. The molecule has 0 saturated heterocycles. The lowest BCUT2D eigenvalue weighted by atomic mass is 9.83. The number of nitro benzene ring substituents is 1. The van der Waals surface area contributed by atoms with Gasteiger partial charge < -0.3 is 25.7 Å². The zero-order chi connectivity index (χ0) is 21.6. The van der Waals surface area contributed by atoms with Gasteiger partial charge in [0.2, 0.25) is 0 Å². The predicted molar refractivity (Wildman–Crippen MR) is 110 cm³/mol. The minimum absolute atomic E-state index is 0.0210. The molecule has 2 rings (SSSR count). The van der Waals surface area contributed by atoms with E-state index in [1.54, 1.807) is 12.1 Å². The fourth-order valence-corrected chi connectivity index (χ4v) is 3.38. The number of aliphatic hydroxyl groups is 2. The van der Waals surface area contributed by atoms with Crippen LogP contribution in [0, 0.1) is 22.0 Å². The van der Waals surface area contributed by atoms with Gasteiger partial charge in [0.05, 0.1) is 17.1 Å². The highest BCUT2D eigenvalue weighted by Crippen LogP contribution is 2.34. The number of aliphatic hydroxyl groups excluding tert-OH is 2. The molecule has 2 aromatic carbocycles. The summed E-state index contributed by atoms with van der Waals surface area (Å²) in [6.07, 6.45) is -1.08. The molecule has 0 heterocycles. The maximum absolute atomic E-state index is 10.9. The monoisotopic (exact) mass is 404 g/mol. The number of anilines is 1. The molecule has 0 amide bonds. The first kappa shape index (κ1) is 22.4. The normalized spacial score (nSPS) is 14.4. The van der Waals surface area contributed by atoms with Crippen molar-refractivity contribution < 1.29 is 25.3 Å². The molecule has 3 atom stereocenters. The van der Waals surface area contributed by atoms with E-state index in [2.05, 4.69) is 5.32 Å². The highest BCUT2D eigenvalue weighted by atomic mass is 16.6. The van der Waals surface area contributed by atoms with Crippen molar-refractivity contribution in [3.8, 4) is 11.5 Å². The van der Waals surface area contributed by atoms with Crippen LogP contribution in [0.25, 0.3) is 0 Å². The molecule has 8 heteroatoms. The Bertz CT molecular complexity index is 806. The molecule has 0 spiro atoms. The third-order valence-electron chi connectivity index (χ3n) is 4.74. The second kappa shape index (κ2) is 10.1. The Kier molecular flexibility index (Phi) is 7.81. The number of nitro groups is 1. The van der Waals surface area contributed by atoms with Gasteiger partial charge in [-0.3, -0.25) is 10.1 Å². The van der Waals surface area contributed by atoms with Gasteiger partial charge in [-0.2, -0.15) is 0 Å². The van der Waals surface area contributed by atoms with E-state index in [1.807, 2.05) is 13.8 Å². The van der Waals surface area contributed by atoms with Gasteiger partial charge in [0.15, 0.2) is 0 Å². The molecular weight excluding hydrogens is 376 g/mol. The van der Waals surface area contributed by atoms with E-state index in [-0.39, 0.29) is 23.1 Å². The van der Waals surface area contributed by atoms with Crippen LogP contribution in [0.15, 0.2) is 42.5 Å². The summed E-state index contributed by atoms with van der Waals surface area (Å²) in [4.78, 5) is 10.4. The summed E-state index contributed by atoms with van der Waals surface area (Å²) in [5, 5.41) is 54.8. The van der Waals surface area contributed by atoms with E-state index in [1.165, 1.54) is 30.3 Å². The molecule has 0 bridgehead atoms. The maximum Gasteiger partial charge on any atom is 0.271 e. The largest absolute Gasteiger partial charge is 0.508 e. The fraction of sp³-hybridized carbons (Fsp3) is 0.429. The van der Waals surface area contributed by atoms with Crippen molar-refractivity contribution in [2.24, 2.45) is 11.8 Å². The first-order chi connectivity index (χ1) is 13.7. The number of benzene rings is 2. The van der Waals surface area contributed by atoms with Crippen molar-refractivity contribution >= 4 is 11.4 Å². The standard InChI is InChI=1S/C21H28N2O6/c1-13(2)8-19(21(27)14-9-17(24)12-18(25)10-14)20(26)6-7-22-15-4-3-5-16(11-15)23(28)29/h3-5,9-13,19-22,24-27H,6-8H2,1-2H3/t19-,20-,21+/m1/s1. The van der Waals surface area contributed by atoms with Gasteiger partial charge in [-0.25, -0.2) is 0 Å². The van der Waals surface area contributed by atoms with Crippen LogP contribution in [0.3, 0.4) is 0 Å². The maximum atomic E-state index is 10.9. The topological polar surface area (TPSA) is 136 Å². The van der Waals surface area contributed by atoms with Crippen molar-refractivity contribution in [2.45, 2.75) is 38.9 Å². The van der Waals surface area contributed by atoms with Crippen molar-refractivity contribution in [2.75, 3.05) is 11.9 Å². The molecule has 158 valence electrons. The number of nitrogens with one attached hydrogen (secondary N) is 1. The molecule has 0 fully saturated rings. The lowest BCUT2D eigenvalue weighted by Gasteiger charge is -2.29. The Morgan fingerprint density at radius 3 is 2.31 bits per heavy atom. The van der Waals surface area contributed by atoms with Gasteiger partial charge in [-0.15, -0.1) is 0 Å². The van der Waals surface area contributed by atoms with Gasteiger partial charge in [-0.05, 0) is 42.5 Å². The van der Waals surface area contributed by atoms with Gasteiger partial charge in [-0.1, -0.05) is 19.9 Å². The zero-order valence-corrected chi connectivity index (χ0v) is 16.5. The van der Waals surface area contributed by atoms with Crippen LogP contribution >= 0.6 is 0 Å². The number of aromatic hydroxyl groups is 2. The van der Waals surface area contributed by atoms with Crippen LogP contribution in [0.5, 0.6) is 11.5 Å². The number of rotatable bonds is 10. The summed E-state index contributed by atoms with van der Waals surface area (Å²) in [5.74, 6) is -0.628. The quantitative estimate of drug-likeness (QED) is 0.302. The van der Waals surface area contributed by atoms with Crippen molar-refractivity contribution in [3.63, 3.8) is 0 Å². The Hall–Kier alpha value is -2.84. The number of hydrogen-bond acceptors (Lipinski definition) is 7. The molecule has 0 aromatic heterocycles. The van der Waals surface area contributed by atoms with Crippen molar-refractivity contribution in [1.82, 2.24) is 0 Å². The van der Waals surface area contributed by atoms with E-state index >= 15 is 0 Å². The minimum Gasteiger partial charge on any atom is -0.508 e. The van der Waals surface area contributed by atoms with Crippen LogP contribution in [-0.4, -0.2) is 38.0 Å². The number of hydrogen-bond donors (Lipinski definition) is 5. The molecular formula is C21H28N2O6. The van der Waals surface area contributed by atoms with Crippen LogP contribution < -0.4 is 5.32 Å². The average Bonchev–Trinajstić information content (AvgIpc) is 2.64. The van der Waals surface area contributed by atoms with Gasteiger partial charge in [0.1, 0.15) is 11.5 Å². The highest BCUT2D eigenvalue weighted by Gasteiger charge is 2.29. The van der Waals surface area contributed by atoms with Crippen LogP contribution in [0.1, 0.15) is 38.4 Å². The molecule has 29 heavy (non-hydrogen) atoms. The van der Waals surface area contributed by atoms with Gasteiger partial charge in [0, 0.05) is 36.3 Å². The lowest BCUT2D eigenvalue weighted by Crippen LogP contribution is -2.30. The number of nitrogens with zero attached hydrogens (tertiary/aromatic N) is 1. The minimum atomic E-state index is -1.07. The molecule has 5 N–H and O–H groups in total. The predicted octanol–water partition coefficient (Wildman–Crippen LogP) is 3.56. The number of phenolic OH excluding ortho intramolecular Hbond substituents is 2. The van der Waals surface area contributed by atoms with Gasteiger partial charge >= 0.3 is 0 Å². The summed E-state index contributed by atoms with van der Waals surface area (Å²) < 4.78 is 0. The summed E-state index contributed by atoms with van der Waals surface area (Å²) in [7, 11) is 0. The summed E-state index contributed by atoms with van der Waals surface area (Å²) in [6, 6.07) is 10.0. The Morgan fingerprint density at radius 1 is 1.07 bits per heavy atom. The first-order valence-corrected chi connectivity index (χ1v) is 9.54. The average molecular weight is 404 g/mol. The van der Waals surface area contributed by atoms with Crippen molar-refractivity contribution in [3.05, 3.63) is 58.1 Å². The Labute approximate surface area is 169 Å². The summed E-state index contributed by atoms with van der Waals surface area (Å²) in [5.41, 5.74) is 0.886. The molecule has 0 aliphatic carbocycles. The third kappa shape index (κ3) is 6.62.